The van der Waals surface area contributed by atoms with Gasteiger partial charge >= 0.3 is 5.97 Å². The van der Waals surface area contributed by atoms with Gasteiger partial charge in [-0.25, -0.2) is 18.6 Å². The number of anilines is 1. The lowest BCUT2D eigenvalue weighted by molar-refractivity contribution is 0.00381. The van der Waals surface area contributed by atoms with Crippen LogP contribution in [0.15, 0.2) is 18.3 Å². The van der Waals surface area contributed by atoms with Crippen LogP contribution in [0.5, 0.6) is 0 Å². The minimum Gasteiger partial charge on any atom is -0.462 e. The molecule has 5 nitrogen and oxygen atoms in total. The summed E-state index contributed by atoms with van der Waals surface area (Å²) in [7, 11) is 0. The summed E-state index contributed by atoms with van der Waals surface area (Å²) in [4.78, 5) is 15.1. The summed E-state index contributed by atoms with van der Waals surface area (Å²) in [6.07, 6.45) is -3.29. The SMILES string of the molecule is CCOC(=O)c1ccc(NCC(O)C(F)F)nc1. The third kappa shape index (κ3) is 4.25. The smallest absolute Gasteiger partial charge is 0.339 e. The number of aromatic nitrogens is 1. The van der Waals surface area contributed by atoms with Crippen LogP contribution in [0.1, 0.15) is 17.3 Å². The van der Waals surface area contributed by atoms with E-state index >= 15 is 0 Å². The fraction of sp³-hybridized carbons (Fsp3) is 0.455. The summed E-state index contributed by atoms with van der Waals surface area (Å²) in [5.41, 5.74) is 0.275. The van der Waals surface area contributed by atoms with E-state index in [9.17, 15) is 13.6 Å². The fourth-order valence-corrected chi connectivity index (χ4v) is 1.13. The summed E-state index contributed by atoms with van der Waals surface area (Å²) < 4.78 is 28.8. The van der Waals surface area contributed by atoms with Crippen molar-refractivity contribution in [2.24, 2.45) is 0 Å². The second-order valence-electron chi connectivity index (χ2n) is 3.44. The number of aliphatic hydroxyl groups is 1. The zero-order valence-corrected chi connectivity index (χ0v) is 9.77. The zero-order chi connectivity index (χ0) is 13.5. The Morgan fingerprint density at radius 3 is 2.78 bits per heavy atom. The Morgan fingerprint density at radius 1 is 1.56 bits per heavy atom. The first-order chi connectivity index (χ1) is 8.54. The molecule has 1 atom stereocenters. The van der Waals surface area contributed by atoms with Gasteiger partial charge in [0.05, 0.1) is 12.2 Å². The van der Waals surface area contributed by atoms with Crippen molar-refractivity contribution in [2.75, 3.05) is 18.5 Å². The van der Waals surface area contributed by atoms with Crippen LogP contribution in [0.3, 0.4) is 0 Å². The first-order valence-corrected chi connectivity index (χ1v) is 5.37. The number of carbonyl (C=O) groups excluding carboxylic acids is 1. The third-order valence-electron chi connectivity index (χ3n) is 2.06. The maximum Gasteiger partial charge on any atom is 0.339 e. The summed E-state index contributed by atoms with van der Waals surface area (Å²) >= 11 is 0. The predicted octanol–water partition coefficient (Wildman–Crippen LogP) is 1.30. The number of pyridine rings is 1. The Bertz CT molecular complexity index is 384. The zero-order valence-electron chi connectivity index (χ0n) is 9.77. The van der Waals surface area contributed by atoms with Gasteiger partial charge in [-0.3, -0.25) is 0 Å². The van der Waals surface area contributed by atoms with Gasteiger partial charge in [-0.2, -0.15) is 0 Å². The largest absolute Gasteiger partial charge is 0.462 e. The molecule has 0 aliphatic carbocycles. The van der Waals surface area contributed by atoms with E-state index < -0.39 is 18.5 Å². The Morgan fingerprint density at radius 2 is 2.28 bits per heavy atom. The normalized spacial score (nSPS) is 12.3. The summed E-state index contributed by atoms with van der Waals surface area (Å²) in [6, 6.07) is 2.91. The van der Waals surface area contributed by atoms with Gasteiger partial charge in [-0.05, 0) is 19.1 Å². The predicted molar refractivity (Wildman–Crippen MR) is 60.7 cm³/mol. The highest BCUT2D eigenvalue weighted by Crippen LogP contribution is 2.08. The first-order valence-electron chi connectivity index (χ1n) is 5.37. The second-order valence-corrected chi connectivity index (χ2v) is 3.44. The van der Waals surface area contributed by atoms with E-state index in [2.05, 4.69) is 10.3 Å². The Labute approximate surface area is 103 Å². The van der Waals surface area contributed by atoms with Gasteiger partial charge in [0.1, 0.15) is 11.9 Å². The van der Waals surface area contributed by atoms with Gasteiger partial charge in [0.2, 0.25) is 0 Å². The number of carbonyl (C=O) groups is 1. The van der Waals surface area contributed by atoms with Gasteiger partial charge in [-0.15, -0.1) is 0 Å². The molecule has 0 saturated carbocycles. The highest BCUT2D eigenvalue weighted by Gasteiger charge is 2.16. The minimum atomic E-state index is -2.81. The third-order valence-corrected chi connectivity index (χ3v) is 2.06. The molecular weight excluding hydrogens is 246 g/mol. The number of halogens is 2. The number of rotatable bonds is 6. The lowest BCUT2D eigenvalue weighted by Gasteiger charge is -2.11. The van der Waals surface area contributed by atoms with Crippen molar-refractivity contribution in [3.8, 4) is 0 Å². The summed E-state index contributed by atoms with van der Waals surface area (Å²) in [5, 5.41) is 11.4. The second kappa shape index (κ2) is 6.85. The highest BCUT2D eigenvalue weighted by atomic mass is 19.3. The van der Waals surface area contributed by atoms with Crippen molar-refractivity contribution in [1.29, 1.82) is 0 Å². The molecule has 0 aliphatic heterocycles. The average Bonchev–Trinajstić information content (AvgIpc) is 2.36. The van der Waals surface area contributed by atoms with Crippen LogP contribution in [0.2, 0.25) is 0 Å². The molecule has 2 N–H and O–H groups in total. The molecule has 18 heavy (non-hydrogen) atoms. The molecule has 100 valence electrons. The van der Waals surface area contributed by atoms with Crippen LogP contribution >= 0.6 is 0 Å². The Hall–Kier alpha value is -1.76. The quantitative estimate of drug-likeness (QED) is 0.754. The molecule has 1 aromatic heterocycles. The number of hydrogen-bond acceptors (Lipinski definition) is 5. The van der Waals surface area contributed by atoms with E-state index in [1.54, 1.807) is 6.92 Å². The van der Waals surface area contributed by atoms with Crippen LogP contribution in [0.25, 0.3) is 0 Å². The summed E-state index contributed by atoms with van der Waals surface area (Å²) in [5.74, 6) is -0.202. The van der Waals surface area contributed by atoms with Gasteiger partial charge in [-0.1, -0.05) is 0 Å². The topological polar surface area (TPSA) is 71.5 Å². The van der Waals surface area contributed by atoms with Crippen molar-refractivity contribution in [2.45, 2.75) is 19.5 Å². The Kier molecular flexibility index (Phi) is 5.44. The van der Waals surface area contributed by atoms with Crippen molar-refractivity contribution in [3.05, 3.63) is 23.9 Å². The molecule has 7 heteroatoms. The molecule has 1 unspecified atom stereocenters. The lowest BCUT2D eigenvalue weighted by Crippen LogP contribution is -2.27. The summed E-state index contributed by atoms with van der Waals surface area (Å²) in [6.45, 7) is 1.63. The molecule has 0 spiro atoms. The van der Waals surface area contributed by atoms with Crippen LogP contribution in [-0.2, 0) is 4.74 Å². The molecule has 0 aliphatic rings. The number of alkyl halides is 2. The van der Waals surface area contributed by atoms with Gasteiger partial charge in [0.25, 0.3) is 6.43 Å². The number of hydrogen-bond donors (Lipinski definition) is 2. The maximum absolute atomic E-state index is 12.0. The molecule has 0 bridgehead atoms. The molecule has 1 rings (SSSR count). The number of aliphatic hydroxyl groups excluding tert-OH is 1. The molecule has 1 aromatic rings. The lowest BCUT2D eigenvalue weighted by atomic mass is 10.3. The van der Waals surface area contributed by atoms with Gasteiger partial charge in [0, 0.05) is 12.7 Å². The van der Waals surface area contributed by atoms with E-state index in [1.165, 1.54) is 18.3 Å². The van der Waals surface area contributed by atoms with E-state index in [0.717, 1.165) is 0 Å². The number of esters is 1. The highest BCUT2D eigenvalue weighted by molar-refractivity contribution is 5.89. The maximum atomic E-state index is 12.0. The van der Waals surface area contributed by atoms with E-state index in [0.29, 0.717) is 5.82 Å². The number of nitrogens with one attached hydrogen (secondary N) is 1. The average molecular weight is 260 g/mol. The van der Waals surface area contributed by atoms with Crippen LogP contribution in [0, 0.1) is 0 Å². The Balaban J connectivity index is 2.53. The van der Waals surface area contributed by atoms with E-state index in [-0.39, 0.29) is 18.7 Å². The van der Waals surface area contributed by atoms with Crippen LogP contribution < -0.4 is 5.32 Å². The molecular formula is C11H14F2N2O3. The first kappa shape index (κ1) is 14.3. The standard InChI is InChI=1S/C11H14F2N2O3/c1-2-18-11(17)7-3-4-9(14-5-7)15-6-8(16)10(12)13/h3-5,8,10,16H,2,6H2,1H3,(H,14,15). The van der Waals surface area contributed by atoms with Crippen molar-refractivity contribution < 1.29 is 23.4 Å². The van der Waals surface area contributed by atoms with E-state index in [4.69, 9.17) is 9.84 Å². The van der Waals surface area contributed by atoms with Crippen molar-refractivity contribution in [1.82, 2.24) is 4.98 Å². The fourth-order valence-electron chi connectivity index (χ4n) is 1.13. The number of ether oxygens (including phenoxy) is 1. The molecule has 0 fully saturated rings. The van der Waals surface area contributed by atoms with Crippen LogP contribution in [0.4, 0.5) is 14.6 Å². The number of nitrogens with zero attached hydrogens (tertiary/aromatic N) is 1. The van der Waals surface area contributed by atoms with E-state index in [1.807, 2.05) is 0 Å². The van der Waals surface area contributed by atoms with Gasteiger partial charge < -0.3 is 15.2 Å². The minimum absolute atomic E-state index is 0.263. The van der Waals surface area contributed by atoms with Crippen molar-refractivity contribution >= 4 is 11.8 Å². The van der Waals surface area contributed by atoms with Gasteiger partial charge in [0.15, 0.2) is 0 Å². The molecule has 0 saturated heterocycles. The van der Waals surface area contributed by atoms with Crippen molar-refractivity contribution in [3.63, 3.8) is 0 Å². The monoisotopic (exact) mass is 260 g/mol. The van der Waals surface area contributed by atoms with Crippen LogP contribution in [-0.4, -0.2) is 41.7 Å². The molecule has 0 radical (unpaired) electrons. The molecule has 1 heterocycles. The molecule has 0 amide bonds. The molecule has 0 aromatic carbocycles.